The maximum Gasteiger partial charge on any atom is 0.270 e. The SMILES string of the molecule is O=C1CC[C@H](NC(=O)c2cc3c(cn2)CNC3)C(=O)N1. The zero-order valence-electron chi connectivity index (χ0n) is 10.7. The first kappa shape index (κ1) is 12.7. The topological polar surface area (TPSA) is 100 Å². The second kappa shape index (κ2) is 5.01. The number of aromatic nitrogens is 1. The molecule has 1 aromatic rings. The van der Waals surface area contributed by atoms with Crippen LogP contribution in [-0.4, -0.2) is 28.7 Å². The molecule has 1 atom stereocenters. The lowest BCUT2D eigenvalue weighted by atomic mass is 10.1. The minimum Gasteiger partial charge on any atom is -0.339 e. The second-order valence-electron chi connectivity index (χ2n) is 4.92. The Hall–Kier alpha value is -2.28. The maximum absolute atomic E-state index is 12.1. The highest BCUT2D eigenvalue weighted by atomic mass is 16.2. The van der Waals surface area contributed by atoms with E-state index in [0.29, 0.717) is 6.42 Å². The van der Waals surface area contributed by atoms with E-state index in [1.165, 1.54) is 0 Å². The maximum atomic E-state index is 12.1. The molecule has 20 heavy (non-hydrogen) atoms. The molecule has 1 saturated heterocycles. The Morgan fingerprint density at radius 2 is 2.10 bits per heavy atom. The van der Waals surface area contributed by atoms with Crippen LogP contribution in [0, 0.1) is 0 Å². The molecule has 3 amide bonds. The van der Waals surface area contributed by atoms with Crippen molar-refractivity contribution in [2.24, 2.45) is 0 Å². The summed E-state index contributed by atoms with van der Waals surface area (Å²) in [5.41, 5.74) is 2.42. The lowest BCUT2D eigenvalue weighted by Crippen LogP contribution is -2.52. The molecule has 1 aromatic heterocycles. The van der Waals surface area contributed by atoms with Gasteiger partial charge in [0.1, 0.15) is 11.7 Å². The summed E-state index contributed by atoms with van der Waals surface area (Å²) >= 11 is 0. The van der Waals surface area contributed by atoms with Gasteiger partial charge in [-0.05, 0) is 23.6 Å². The summed E-state index contributed by atoms with van der Waals surface area (Å²) in [7, 11) is 0. The van der Waals surface area contributed by atoms with Crippen LogP contribution < -0.4 is 16.0 Å². The van der Waals surface area contributed by atoms with Crippen molar-refractivity contribution in [2.75, 3.05) is 0 Å². The van der Waals surface area contributed by atoms with Crippen LogP contribution in [0.3, 0.4) is 0 Å². The van der Waals surface area contributed by atoms with Crippen LogP contribution in [0.15, 0.2) is 12.3 Å². The highest BCUT2D eigenvalue weighted by Crippen LogP contribution is 2.15. The van der Waals surface area contributed by atoms with Gasteiger partial charge in [0.2, 0.25) is 11.8 Å². The van der Waals surface area contributed by atoms with Crippen LogP contribution in [0.4, 0.5) is 0 Å². The molecule has 1 fully saturated rings. The van der Waals surface area contributed by atoms with E-state index in [2.05, 4.69) is 20.9 Å². The normalized spacial score (nSPS) is 21.3. The number of nitrogens with one attached hydrogen (secondary N) is 3. The number of carbonyl (C=O) groups is 3. The van der Waals surface area contributed by atoms with Gasteiger partial charge in [-0.25, -0.2) is 0 Å². The van der Waals surface area contributed by atoms with Crippen molar-refractivity contribution in [2.45, 2.75) is 32.0 Å². The van der Waals surface area contributed by atoms with Crippen LogP contribution in [-0.2, 0) is 22.7 Å². The van der Waals surface area contributed by atoms with E-state index >= 15 is 0 Å². The monoisotopic (exact) mass is 274 g/mol. The molecule has 0 spiro atoms. The number of imide groups is 1. The number of rotatable bonds is 2. The summed E-state index contributed by atoms with van der Waals surface area (Å²) in [4.78, 5) is 38.8. The van der Waals surface area contributed by atoms with Crippen LogP contribution in [0.2, 0.25) is 0 Å². The number of pyridine rings is 1. The minimum absolute atomic E-state index is 0.234. The lowest BCUT2D eigenvalue weighted by molar-refractivity contribution is -0.134. The first-order valence-corrected chi connectivity index (χ1v) is 6.46. The standard InChI is InChI=1S/C13H14N4O3/c18-11-2-1-9(12(19)17-11)16-13(20)10-3-7-4-14-5-8(7)6-15-10/h3,6,9,14H,1-2,4-5H2,(H,16,20)(H,17,18,19)/t9-/m0/s1. The fourth-order valence-corrected chi connectivity index (χ4v) is 2.37. The van der Waals surface area contributed by atoms with Gasteiger partial charge in [0, 0.05) is 25.7 Å². The molecular formula is C13H14N4O3. The van der Waals surface area contributed by atoms with Gasteiger partial charge < -0.3 is 10.6 Å². The summed E-state index contributed by atoms with van der Waals surface area (Å²) in [6.45, 7) is 1.48. The molecule has 3 heterocycles. The van der Waals surface area contributed by atoms with Gasteiger partial charge in [-0.2, -0.15) is 0 Å². The number of fused-ring (bicyclic) bond motifs is 1. The highest BCUT2D eigenvalue weighted by Gasteiger charge is 2.28. The summed E-state index contributed by atoms with van der Waals surface area (Å²) in [6, 6.07) is 1.06. The van der Waals surface area contributed by atoms with E-state index in [4.69, 9.17) is 0 Å². The molecule has 3 rings (SSSR count). The second-order valence-corrected chi connectivity index (χ2v) is 4.92. The van der Waals surface area contributed by atoms with Crippen LogP contribution in [0.1, 0.15) is 34.5 Å². The zero-order chi connectivity index (χ0) is 14.1. The number of carbonyl (C=O) groups excluding carboxylic acids is 3. The Kier molecular flexibility index (Phi) is 3.19. The molecule has 0 unspecified atom stereocenters. The minimum atomic E-state index is -0.673. The van der Waals surface area contributed by atoms with E-state index in [-0.39, 0.29) is 18.0 Å². The van der Waals surface area contributed by atoms with Gasteiger partial charge in [0.15, 0.2) is 0 Å². The third-order valence-corrected chi connectivity index (χ3v) is 3.49. The van der Waals surface area contributed by atoms with Gasteiger partial charge in [-0.15, -0.1) is 0 Å². The molecule has 3 N–H and O–H groups in total. The Morgan fingerprint density at radius 3 is 2.90 bits per heavy atom. The van der Waals surface area contributed by atoms with E-state index in [9.17, 15) is 14.4 Å². The third kappa shape index (κ3) is 2.39. The number of amides is 3. The molecule has 0 saturated carbocycles. The van der Waals surface area contributed by atoms with Crippen LogP contribution in [0.5, 0.6) is 0 Å². The molecule has 0 radical (unpaired) electrons. The first-order chi connectivity index (χ1) is 9.63. The summed E-state index contributed by atoms with van der Waals surface area (Å²) in [5, 5.41) is 7.99. The van der Waals surface area contributed by atoms with Crippen molar-refractivity contribution in [1.82, 2.24) is 20.9 Å². The van der Waals surface area contributed by atoms with Crippen molar-refractivity contribution < 1.29 is 14.4 Å². The smallest absolute Gasteiger partial charge is 0.270 e. The lowest BCUT2D eigenvalue weighted by Gasteiger charge is -2.21. The van der Waals surface area contributed by atoms with Crippen molar-refractivity contribution >= 4 is 17.7 Å². The van der Waals surface area contributed by atoms with Gasteiger partial charge in [0.25, 0.3) is 5.91 Å². The Labute approximate surface area is 115 Å². The first-order valence-electron chi connectivity index (χ1n) is 6.46. The molecule has 0 aromatic carbocycles. The zero-order valence-corrected chi connectivity index (χ0v) is 10.7. The number of hydrogen-bond donors (Lipinski definition) is 3. The van der Waals surface area contributed by atoms with Crippen molar-refractivity contribution in [3.63, 3.8) is 0 Å². The highest BCUT2D eigenvalue weighted by molar-refractivity contribution is 6.03. The van der Waals surface area contributed by atoms with Gasteiger partial charge >= 0.3 is 0 Å². The van der Waals surface area contributed by atoms with Gasteiger partial charge in [-0.3, -0.25) is 24.7 Å². The van der Waals surface area contributed by atoms with Crippen molar-refractivity contribution in [3.8, 4) is 0 Å². The molecule has 7 heteroatoms. The fourth-order valence-electron chi connectivity index (χ4n) is 2.37. The van der Waals surface area contributed by atoms with Crippen LogP contribution >= 0.6 is 0 Å². The van der Waals surface area contributed by atoms with Crippen LogP contribution in [0.25, 0.3) is 0 Å². The van der Waals surface area contributed by atoms with Crippen molar-refractivity contribution in [1.29, 1.82) is 0 Å². The van der Waals surface area contributed by atoms with Gasteiger partial charge in [-0.1, -0.05) is 0 Å². The van der Waals surface area contributed by atoms with Gasteiger partial charge in [0.05, 0.1) is 0 Å². The van der Waals surface area contributed by atoms with E-state index in [0.717, 1.165) is 24.2 Å². The molecular weight excluding hydrogens is 260 g/mol. The largest absolute Gasteiger partial charge is 0.339 e. The fraction of sp³-hybridized carbons (Fsp3) is 0.385. The molecule has 0 bridgehead atoms. The molecule has 2 aliphatic heterocycles. The third-order valence-electron chi connectivity index (χ3n) is 3.49. The Morgan fingerprint density at radius 1 is 1.30 bits per heavy atom. The summed E-state index contributed by atoms with van der Waals surface area (Å²) < 4.78 is 0. The van der Waals surface area contributed by atoms with E-state index in [1.807, 2.05) is 0 Å². The van der Waals surface area contributed by atoms with E-state index < -0.39 is 17.9 Å². The summed E-state index contributed by atoms with van der Waals surface area (Å²) in [6.07, 6.45) is 2.23. The number of piperidine rings is 1. The molecule has 0 aliphatic carbocycles. The Balaban J connectivity index is 1.70. The molecule has 104 valence electrons. The predicted molar refractivity (Wildman–Crippen MR) is 68.4 cm³/mol. The Bertz CT molecular complexity index is 599. The molecule has 7 nitrogen and oxygen atoms in total. The summed E-state index contributed by atoms with van der Waals surface area (Å²) in [5.74, 6) is -1.16. The van der Waals surface area contributed by atoms with Crippen molar-refractivity contribution in [3.05, 3.63) is 29.1 Å². The van der Waals surface area contributed by atoms with E-state index in [1.54, 1.807) is 12.3 Å². The predicted octanol–water partition coefficient (Wildman–Crippen LogP) is -0.780. The number of nitrogens with zero attached hydrogens (tertiary/aromatic N) is 1. The average molecular weight is 274 g/mol. The average Bonchev–Trinajstić information content (AvgIpc) is 2.89. The quantitative estimate of drug-likeness (QED) is 0.614. The number of hydrogen-bond acceptors (Lipinski definition) is 5. The molecule has 2 aliphatic rings.